The number of aliphatic imine (C=N–C) groups is 1. The van der Waals surface area contributed by atoms with Crippen molar-refractivity contribution in [1.29, 1.82) is 0 Å². The zero-order chi connectivity index (χ0) is 20.4. The first-order valence-corrected chi connectivity index (χ1v) is 9.69. The summed E-state index contributed by atoms with van der Waals surface area (Å²) in [6.07, 6.45) is 0.176. The first kappa shape index (κ1) is 25.2. The number of nitrogens with zero attached hydrogens (tertiary/aromatic N) is 1. The first-order chi connectivity index (χ1) is 13.5. The minimum absolute atomic E-state index is 0. The maximum atomic E-state index is 13.0. The number of nitrogens with one attached hydrogen (secondary N) is 2. The molecule has 1 unspecified atom stereocenters. The summed E-state index contributed by atoms with van der Waals surface area (Å²) in [7, 11) is 0. The SMILES string of the molecule is CCNC(=NCC(O)c1ccc(OC(C)C)cc1)NCCc1ccc(F)cc1.I. The van der Waals surface area contributed by atoms with Gasteiger partial charge in [0.1, 0.15) is 11.6 Å². The second kappa shape index (κ2) is 13.4. The highest BCUT2D eigenvalue weighted by molar-refractivity contribution is 14.0. The van der Waals surface area contributed by atoms with Crippen LogP contribution in [0.15, 0.2) is 53.5 Å². The van der Waals surface area contributed by atoms with Crippen LogP contribution in [0, 0.1) is 5.82 Å². The van der Waals surface area contributed by atoms with Crippen molar-refractivity contribution in [2.45, 2.75) is 39.4 Å². The second-order valence-electron chi connectivity index (χ2n) is 6.77. The van der Waals surface area contributed by atoms with E-state index < -0.39 is 6.10 Å². The molecule has 0 radical (unpaired) electrons. The van der Waals surface area contributed by atoms with Crippen molar-refractivity contribution in [3.05, 3.63) is 65.5 Å². The minimum Gasteiger partial charge on any atom is -0.491 e. The lowest BCUT2D eigenvalue weighted by atomic mass is 10.1. The number of aliphatic hydroxyl groups excluding tert-OH is 1. The van der Waals surface area contributed by atoms with Crippen molar-refractivity contribution in [3.63, 3.8) is 0 Å². The van der Waals surface area contributed by atoms with Crippen molar-refractivity contribution in [1.82, 2.24) is 10.6 Å². The number of benzene rings is 2. The molecular weight excluding hydrogens is 484 g/mol. The summed E-state index contributed by atoms with van der Waals surface area (Å²) in [5, 5.41) is 16.8. The average Bonchev–Trinajstić information content (AvgIpc) is 2.67. The molecule has 2 aromatic rings. The van der Waals surface area contributed by atoms with E-state index in [9.17, 15) is 9.50 Å². The van der Waals surface area contributed by atoms with Crippen LogP contribution in [-0.4, -0.2) is 36.8 Å². The maximum Gasteiger partial charge on any atom is 0.191 e. The zero-order valence-corrected chi connectivity index (χ0v) is 19.5. The molecule has 0 spiro atoms. The minimum atomic E-state index is -0.694. The number of halogens is 2. The van der Waals surface area contributed by atoms with E-state index in [2.05, 4.69) is 15.6 Å². The Morgan fingerprint density at radius 2 is 1.72 bits per heavy atom. The molecule has 3 N–H and O–H groups in total. The standard InChI is InChI=1S/C22H30FN3O2.HI/c1-4-24-22(25-14-13-17-5-9-19(23)10-6-17)26-15-21(27)18-7-11-20(12-8-18)28-16(2)3;/h5-12,16,21,27H,4,13-15H2,1-3H3,(H2,24,25,26);1H. The lowest BCUT2D eigenvalue weighted by Crippen LogP contribution is -2.38. The van der Waals surface area contributed by atoms with Crippen LogP contribution in [0.25, 0.3) is 0 Å². The Labute approximate surface area is 189 Å². The molecule has 160 valence electrons. The van der Waals surface area contributed by atoms with Crippen molar-refractivity contribution >= 4 is 29.9 Å². The number of hydrogen-bond donors (Lipinski definition) is 3. The molecule has 1 atom stereocenters. The number of hydrogen-bond acceptors (Lipinski definition) is 3. The molecule has 0 amide bonds. The van der Waals surface area contributed by atoms with Gasteiger partial charge in [-0.1, -0.05) is 24.3 Å². The summed E-state index contributed by atoms with van der Waals surface area (Å²) < 4.78 is 18.6. The predicted octanol–water partition coefficient (Wildman–Crippen LogP) is 4.06. The van der Waals surface area contributed by atoms with E-state index in [4.69, 9.17) is 4.74 Å². The summed E-state index contributed by atoms with van der Waals surface area (Å²) in [6, 6.07) is 13.9. The van der Waals surface area contributed by atoms with Crippen molar-refractivity contribution in [3.8, 4) is 5.75 Å². The Balaban J connectivity index is 0.00000420. The van der Waals surface area contributed by atoms with Gasteiger partial charge < -0.3 is 20.5 Å². The molecule has 0 heterocycles. The quantitative estimate of drug-likeness (QED) is 0.268. The summed E-state index contributed by atoms with van der Waals surface area (Å²) >= 11 is 0. The molecule has 0 aromatic heterocycles. The molecule has 29 heavy (non-hydrogen) atoms. The molecule has 0 saturated heterocycles. The maximum absolute atomic E-state index is 13.0. The van der Waals surface area contributed by atoms with Crippen LogP contribution in [0.3, 0.4) is 0 Å². The van der Waals surface area contributed by atoms with Crippen LogP contribution in [0.1, 0.15) is 38.0 Å². The van der Waals surface area contributed by atoms with Crippen LogP contribution in [0.4, 0.5) is 4.39 Å². The third-order valence-electron chi connectivity index (χ3n) is 4.02. The highest BCUT2D eigenvalue weighted by Crippen LogP contribution is 2.19. The van der Waals surface area contributed by atoms with Gasteiger partial charge in [0.25, 0.3) is 0 Å². The van der Waals surface area contributed by atoms with Crippen molar-refractivity contribution < 1.29 is 14.2 Å². The molecule has 5 nitrogen and oxygen atoms in total. The lowest BCUT2D eigenvalue weighted by molar-refractivity contribution is 0.186. The van der Waals surface area contributed by atoms with Gasteiger partial charge in [0.2, 0.25) is 0 Å². The average molecular weight is 515 g/mol. The number of guanidine groups is 1. The molecule has 0 fully saturated rings. The van der Waals surface area contributed by atoms with Gasteiger partial charge in [-0.2, -0.15) is 0 Å². The normalized spacial score (nSPS) is 12.3. The molecule has 2 aromatic carbocycles. The second-order valence-corrected chi connectivity index (χ2v) is 6.77. The number of rotatable bonds is 9. The molecule has 2 rings (SSSR count). The zero-order valence-electron chi connectivity index (χ0n) is 17.2. The van der Waals surface area contributed by atoms with Gasteiger partial charge in [-0.25, -0.2) is 4.39 Å². The van der Waals surface area contributed by atoms with E-state index >= 15 is 0 Å². The predicted molar refractivity (Wildman–Crippen MR) is 127 cm³/mol. The molecule has 0 bridgehead atoms. The Morgan fingerprint density at radius 1 is 1.07 bits per heavy atom. The van der Waals surface area contributed by atoms with E-state index in [1.807, 2.05) is 45.0 Å². The highest BCUT2D eigenvalue weighted by atomic mass is 127. The van der Waals surface area contributed by atoms with E-state index in [1.165, 1.54) is 12.1 Å². The van der Waals surface area contributed by atoms with Crippen molar-refractivity contribution in [2.75, 3.05) is 19.6 Å². The fraction of sp³-hybridized carbons (Fsp3) is 0.409. The topological polar surface area (TPSA) is 65.9 Å². The Bertz CT molecular complexity index is 737. The molecule has 0 saturated carbocycles. The van der Waals surface area contributed by atoms with Gasteiger partial charge in [-0.3, -0.25) is 4.99 Å². The monoisotopic (exact) mass is 515 g/mol. The third kappa shape index (κ3) is 9.45. The molecule has 7 heteroatoms. The van der Waals surface area contributed by atoms with Crippen molar-refractivity contribution in [2.24, 2.45) is 4.99 Å². The van der Waals surface area contributed by atoms with E-state index in [0.717, 1.165) is 29.8 Å². The van der Waals surface area contributed by atoms with Gasteiger partial charge in [-0.05, 0) is 62.6 Å². The third-order valence-corrected chi connectivity index (χ3v) is 4.02. The van der Waals surface area contributed by atoms with Gasteiger partial charge in [0, 0.05) is 13.1 Å². The van der Waals surface area contributed by atoms with E-state index in [0.29, 0.717) is 12.5 Å². The van der Waals surface area contributed by atoms with Gasteiger partial charge in [0.05, 0.1) is 18.8 Å². The van der Waals surface area contributed by atoms with Crippen LogP contribution in [0.2, 0.25) is 0 Å². The summed E-state index contributed by atoms with van der Waals surface area (Å²) in [5.74, 6) is 1.19. The van der Waals surface area contributed by atoms with Gasteiger partial charge in [-0.15, -0.1) is 24.0 Å². The first-order valence-electron chi connectivity index (χ1n) is 9.69. The Morgan fingerprint density at radius 3 is 2.31 bits per heavy atom. The molecular formula is C22H31FIN3O2. The van der Waals surface area contributed by atoms with E-state index in [1.54, 1.807) is 12.1 Å². The van der Waals surface area contributed by atoms with Crippen LogP contribution >= 0.6 is 24.0 Å². The van der Waals surface area contributed by atoms with Crippen LogP contribution < -0.4 is 15.4 Å². The highest BCUT2D eigenvalue weighted by Gasteiger charge is 2.08. The lowest BCUT2D eigenvalue weighted by Gasteiger charge is -2.14. The van der Waals surface area contributed by atoms with Crippen LogP contribution in [0.5, 0.6) is 5.75 Å². The van der Waals surface area contributed by atoms with Crippen LogP contribution in [-0.2, 0) is 6.42 Å². The number of aliphatic hydroxyl groups is 1. The fourth-order valence-corrected chi connectivity index (χ4v) is 2.64. The van der Waals surface area contributed by atoms with E-state index in [-0.39, 0.29) is 42.4 Å². The Kier molecular flexibility index (Phi) is 11.6. The fourth-order valence-electron chi connectivity index (χ4n) is 2.64. The summed E-state index contributed by atoms with van der Waals surface area (Å²) in [5.41, 5.74) is 1.84. The van der Waals surface area contributed by atoms with Gasteiger partial charge in [0.15, 0.2) is 5.96 Å². The summed E-state index contributed by atoms with van der Waals surface area (Å²) in [6.45, 7) is 7.57. The van der Waals surface area contributed by atoms with Gasteiger partial charge >= 0.3 is 0 Å². The number of ether oxygens (including phenoxy) is 1. The molecule has 0 aliphatic heterocycles. The largest absolute Gasteiger partial charge is 0.491 e. The smallest absolute Gasteiger partial charge is 0.191 e. The summed E-state index contributed by atoms with van der Waals surface area (Å²) in [4.78, 5) is 4.46. The molecule has 0 aliphatic carbocycles. The molecule has 0 aliphatic rings. The Hall–Kier alpha value is -1.87.